The van der Waals surface area contributed by atoms with Gasteiger partial charge in [-0.05, 0) is 55.5 Å². The number of para-hydroxylation sites is 1. The van der Waals surface area contributed by atoms with Crippen LogP contribution in [-0.4, -0.2) is 9.55 Å². The monoisotopic (exact) mass is 276 g/mol. The fourth-order valence-electron chi connectivity index (χ4n) is 3.30. The molecule has 2 heterocycles. The van der Waals surface area contributed by atoms with Crippen LogP contribution in [0, 0.1) is 0 Å². The molecule has 1 aliphatic rings. The maximum Gasteiger partial charge on any atom is 0.260 e. The van der Waals surface area contributed by atoms with E-state index >= 15 is 0 Å². The van der Waals surface area contributed by atoms with Crippen molar-refractivity contribution in [2.24, 2.45) is 0 Å². The molecule has 0 bridgehead atoms. The van der Waals surface area contributed by atoms with Crippen molar-refractivity contribution >= 4 is 11.0 Å². The summed E-state index contributed by atoms with van der Waals surface area (Å²) < 4.78 is 1.76. The standard InChI is InChI=1S/C18H16N2O/c21-18-16-10-5-4-9-14(16)15-11-6-12-19-17(15)20(18)13-7-2-1-3-8-13/h1-3,6-8,11-12H,4-5,9-10H2. The van der Waals surface area contributed by atoms with Gasteiger partial charge in [-0.2, -0.15) is 0 Å². The summed E-state index contributed by atoms with van der Waals surface area (Å²) in [6.45, 7) is 0. The minimum Gasteiger partial charge on any atom is -0.269 e. The molecule has 1 aromatic carbocycles. The maximum absolute atomic E-state index is 13.0. The Labute approximate surface area is 122 Å². The van der Waals surface area contributed by atoms with E-state index in [9.17, 15) is 4.79 Å². The predicted molar refractivity (Wildman–Crippen MR) is 84.0 cm³/mol. The van der Waals surface area contributed by atoms with E-state index in [0.29, 0.717) is 0 Å². The summed E-state index contributed by atoms with van der Waals surface area (Å²) in [4.78, 5) is 17.4. The summed E-state index contributed by atoms with van der Waals surface area (Å²) in [5, 5.41) is 1.12. The second-order valence-electron chi connectivity index (χ2n) is 5.51. The second-order valence-corrected chi connectivity index (χ2v) is 5.51. The summed E-state index contributed by atoms with van der Waals surface area (Å²) in [6.07, 6.45) is 5.89. The predicted octanol–water partition coefficient (Wildman–Crippen LogP) is 3.26. The number of pyridine rings is 2. The van der Waals surface area contributed by atoms with E-state index in [1.54, 1.807) is 10.8 Å². The van der Waals surface area contributed by atoms with Gasteiger partial charge in [0.05, 0.1) is 5.69 Å². The average molecular weight is 276 g/mol. The molecular formula is C18H16N2O. The molecule has 0 unspecified atom stereocenters. The first-order valence-corrected chi connectivity index (χ1v) is 7.43. The highest BCUT2D eigenvalue weighted by Gasteiger charge is 2.20. The van der Waals surface area contributed by atoms with Crippen LogP contribution in [0.2, 0.25) is 0 Å². The van der Waals surface area contributed by atoms with E-state index in [1.165, 1.54) is 5.56 Å². The van der Waals surface area contributed by atoms with Crippen molar-refractivity contribution in [3.05, 3.63) is 70.1 Å². The number of aromatic nitrogens is 2. The molecule has 0 saturated carbocycles. The van der Waals surface area contributed by atoms with Crippen LogP contribution in [0.5, 0.6) is 0 Å². The molecule has 0 radical (unpaired) electrons. The van der Waals surface area contributed by atoms with Crippen molar-refractivity contribution in [1.82, 2.24) is 9.55 Å². The van der Waals surface area contributed by atoms with Gasteiger partial charge >= 0.3 is 0 Å². The first-order valence-electron chi connectivity index (χ1n) is 7.43. The van der Waals surface area contributed by atoms with Crippen molar-refractivity contribution in [2.75, 3.05) is 0 Å². The van der Waals surface area contributed by atoms with Gasteiger partial charge in [-0.3, -0.25) is 9.36 Å². The Morgan fingerprint density at radius 3 is 2.48 bits per heavy atom. The van der Waals surface area contributed by atoms with Crippen LogP contribution < -0.4 is 5.56 Å². The molecule has 0 aliphatic heterocycles. The Balaban J connectivity index is 2.16. The largest absolute Gasteiger partial charge is 0.269 e. The van der Waals surface area contributed by atoms with Crippen molar-refractivity contribution in [3.63, 3.8) is 0 Å². The Bertz CT molecular complexity index is 866. The van der Waals surface area contributed by atoms with E-state index < -0.39 is 0 Å². The van der Waals surface area contributed by atoms with Crippen LogP contribution >= 0.6 is 0 Å². The Morgan fingerprint density at radius 2 is 1.67 bits per heavy atom. The van der Waals surface area contributed by atoms with Gasteiger partial charge in [0, 0.05) is 17.1 Å². The summed E-state index contributed by atoms with van der Waals surface area (Å²) in [5.74, 6) is 0. The van der Waals surface area contributed by atoms with E-state index in [2.05, 4.69) is 11.1 Å². The summed E-state index contributed by atoms with van der Waals surface area (Å²) in [7, 11) is 0. The molecule has 0 saturated heterocycles. The molecule has 4 rings (SSSR count). The molecule has 0 spiro atoms. The lowest BCUT2D eigenvalue weighted by Crippen LogP contribution is -2.27. The summed E-state index contributed by atoms with van der Waals surface area (Å²) in [6, 6.07) is 13.8. The van der Waals surface area contributed by atoms with Gasteiger partial charge in [0.1, 0.15) is 5.65 Å². The molecule has 104 valence electrons. The van der Waals surface area contributed by atoms with Crippen molar-refractivity contribution in [3.8, 4) is 5.69 Å². The SMILES string of the molecule is O=c1c2c(c3cccnc3n1-c1ccccc1)CCCC2. The third-order valence-corrected chi connectivity index (χ3v) is 4.27. The van der Waals surface area contributed by atoms with E-state index in [4.69, 9.17) is 0 Å². The van der Waals surface area contributed by atoms with Crippen LogP contribution in [0.1, 0.15) is 24.0 Å². The third-order valence-electron chi connectivity index (χ3n) is 4.27. The van der Waals surface area contributed by atoms with Gasteiger partial charge < -0.3 is 0 Å². The lowest BCUT2D eigenvalue weighted by Gasteiger charge is -2.20. The highest BCUT2D eigenvalue weighted by atomic mass is 16.1. The normalized spacial score (nSPS) is 14.1. The van der Waals surface area contributed by atoms with Crippen LogP contribution in [0.3, 0.4) is 0 Å². The minimum absolute atomic E-state index is 0.0992. The number of benzene rings is 1. The Hall–Kier alpha value is -2.42. The van der Waals surface area contributed by atoms with Gasteiger partial charge in [0.15, 0.2) is 0 Å². The zero-order chi connectivity index (χ0) is 14.2. The smallest absolute Gasteiger partial charge is 0.260 e. The van der Waals surface area contributed by atoms with Crippen molar-refractivity contribution < 1.29 is 0 Å². The lowest BCUT2D eigenvalue weighted by atomic mass is 9.90. The van der Waals surface area contributed by atoms with Crippen molar-refractivity contribution in [2.45, 2.75) is 25.7 Å². The fraction of sp³-hybridized carbons (Fsp3) is 0.222. The van der Waals surface area contributed by atoms with Gasteiger partial charge in [-0.15, -0.1) is 0 Å². The van der Waals surface area contributed by atoms with E-state index in [1.807, 2.05) is 36.4 Å². The van der Waals surface area contributed by atoms with Crippen LogP contribution in [0.15, 0.2) is 53.5 Å². The first-order chi connectivity index (χ1) is 10.4. The molecule has 3 heteroatoms. The summed E-state index contributed by atoms with van der Waals surface area (Å²) in [5.41, 5.74) is 3.95. The first kappa shape index (κ1) is 12.3. The van der Waals surface area contributed by atoms with Gasteiger partial charge in [-0.1, -0.05) is 18.2 Å². The fourth-order valence-corrected chi connectivity index (χ4v) is 3.30. The highest BCUT2D eigenvalue weighted by molar-refractivity contribution is 5.82. The molecule has 0 N–H and O–H groups in total. The van der Waals surface area contributed by atoms with Crippen molar-refractivity contribution in [1.29, 1.82) is 0 Å². The Morgan fingerprint density at radius 1 is 0.905 bits per heavy atom. The molecule has 2 aromatic heterocycles. The lowest BCUT2D eigenvalue weighted by molar-refractivity contribution is 0.677. The third kappa shape index (κ3) is 1.88. The molecule has 0 atom stereocenters. The molecule has 21 heavy (non-hydrogen) atoms. The minimum atomic E-state index is 0.0992. The Kier molecular flexibility index (Phi) is 2.85. The number of hydrogen-bond acceptors (Lipinski definition) is 2. The molecule has 3 nitrogen and oxygen atoms in total. The molecule has 0 fully saturated rings. The van der Waals surface area contributed by atoms with E-state index in [0.717, 1.165) is 48.0 Å². The molecular weight excluding hydrogens is 260 g/mol. The van der Waals surface area contributed by atoms with Gasteiger partial charge in [0.25, 0.3) is 5.56 Å². The summed E-state index contributed by atoms with van der Waals surface area (Å²) >= 11 is 0. The highest BCUT2D eigenvalue weighted by Crippen LogP contribution is 2.26. The average Bonchev–Trinajstić information content (AvgIpc) is 2.56. The number of fused-ring (bicyclic) bond motifs is 3. The zero-order valence-electron chi connectivity index (χ0n) is 11.7. The number of rotatable bonds is 1. The van der Waals surface area contributed by atoms with E-state index in [-0.39, 0.29) is 5.56 Å². The number of nitrogens with zero attached hydrogens (tertiary/aromatic N) is 2. The van der Waals surface area contributed by atoms with Gasteiger partial charge in [0.2, 0.25) is 0 Å². The second kappa shape index (κ2) is 4.85. The van der Waals surface area contributed by atoms with Crippen LogP contribution in [-0.2, 0) is 12.8 Å². The molecule has 3 aromatic rings. The topological polar surface area (TPSA) is 34.9 Å². The zero-order valence-corrected chi connectivity index (χ0v) is 11.7. The quantitative estimate of drug-likeness (QED) is 0.683. The molecule has 0 amide bonds. The van der Waals surface area contributed by atoms with Gasteiger partial charge in [-0.25, -0.2) is 4.98 Å². The molecule has 1 aliphatic carbocycles. The van der Waals surface area contributed by atoms with Crippen LogP contribution in [0.25, 0.3) is 16.7 Å². The number of hydrogen-bond donors (Lipinski definition) is 0. The van der Waals surface area contributed by atoms with Crippen LogP contribution in [0.4, 0.5) is 0 Å². The number of aryl methyl sites for hydroxylation is 1. The maximum atomic E-state index is 13.0.